The maximum Gasteiger partial charge on any atom is 0.255 e. The Morgan fingerprint density at radius 3 is 2.35 bits per heavy atom. The van der Waals surface area contributed by atoms with Crippen molar-refractivity contribution in [1.29, 1.82) is 0 Å². The lowest BCUT2D eigenvalue weighted by atomic mass is 10.1. The predicted octanol–water partition coefficient (Wildman–Crippen LogP) is 4.11. The Kier molecular flexibility index (Phi) is 8.67. The first kappa shape index (κ1) is 28.8. The molecule has 0 radical (unpaired) electrons. The van der Waals surface area contributed by atoms with Crippen molar-refractivity contribution in [1.82, 2.24) is 15.1 Å². The van der Waals surface area contributed by atoms with Crippen LogP contribution in [0.2, 0.25) is 5.02 Å². The molecule has 3 aliphatic heterocycles. The van der Waals surface area contributed by atoms with Crippen LogP contribution in [0.3, 0.4) is 0 Å². The minimum Gasteiger partial charge on any atom is -0.454 e. The lowest BCUT2D eigenvalue weighted by Gasteiger charge is -2.27. The first-order valence-electron chi connectivity index (χ1n) is 14.6. The maximum absolute atomic E-state index is 13.5. The molecule has 0 aromatic heterocycles. The molecule has 10 nitrogen and oxygen atoms in total. The molecule has 0 atom stereocenters. The second-order valence-corrected chi connectivity index (χ2v) is 11.2. The van der Waals surface area contributed by atoms with Gasteiger partial charge in [-0.2, -0.15) is 0 Å². The number of hydrogen-bond acceptors (Lipinski definition) is 7. The van der Waals surface area contributed by atoms with E-state index in [0.717, 1.165) is 31.6 Å². The Balaban J connectivity index is 1.25. The Morgan fingerprint density at radius 2 is 1.49 bits per heavy atom. The third-order valence-electron chi connectivity index (χ3n) is 7.95. The number of halogens is 1. The van der Waals surface area contributed by atoms with Crippen LogP contribution < -0.4 is 25.0 Å². The van der Waals surface area contributed by atoms with E-state index in [2.05, 4.69) is 15.5 Å². The number of benzene rings is 3. The molecule has 6 rings (SSSR count). The van der Waals surface area contributed by atoms with E-state index in [4.69, 9.17) is 21.1 Å². The molecule has 3 aromatic rings. The number of nitrogens with one attached hydrogen (secondary N) is 2. The molecule has 3 heterocycles. The molecule has 3 aromatic carbocycles. The minimum atomic E-state index is -0.323. The molecule has 0 spiro atoms. The largest absolute Gasteiger partial charge is 0.454 e. The highest BCUT2D eigenvalue weighted by Crippen LogP contribution is 2.34. The van der Waals surface area contributed by atoms with Gasteiger partial charge in [-0.15, -0.1) is 0 Å². The van der Waals surface area contributed by atoms with E-state index < -0.39 is 0 Å². The fourth-order valence-corrected chi connectivity index (χ4v) is 5.86. The van der Waals surface area contributed by atoms with Crippen LogP contribution in [0.25, 0.3) is 0 Å². The van der Waals surface area contributed by atoms with Gasteiger partial charge in [0.15, 0.2) is 11.5 Å². The van der Waals surface area contributed by atoms with Gasteiger partial charge < -0.3 is 34.8 Å². The van der Waals surface area contributed by atoms with Gasteiger partial charge in [0.1, 0.15) is 0 Å². The van der Waals surface area contributed by atoms with Crippen molar-refractivity contribution in [2.45, 2.75) is 12.8 Å². The van der Waals surface area contributed by atoms with E-state index in [0.29, 0.717) is 78.2 Å². The van der Waals surface area contributed by atoms with Crippen LogP contribution in [-0.4, -0.2) is 86.7 Å². The molecule has 2 N–H and O–H groups in total. The van der Waals surface area contributed by atoms with Crippen molar-refractivity contribution in [3.63, 3.8) is 0 Å². The summed E-state index contributed by atoms with van der Waals surface area (Å²) in [6, 6.07) is 17.5. The van der Waals surface area contributed by atoms with Crippen LogP contribution in [0.1, 0.15) is 43.9 Å². The second kappa shape index (κ2) is 12.9. The summed E-state index contributed by atoms with van der Waals surface area (Å²) in [5.74, 6) is 0.661. The Labute approximate surface area is 255 Å². The van der Waals surface area contributed by atoms with Gasteiger partial charge >= 0.3 is 0 Å². The summed E-state index contributed by atoms with van der Waals surface area (Å²) >= 11 is 6.13. The smallest absolute Gasteiger partial charge is 0.255 e. The topological polar surface area (TPSA) is 103 Å². The minimum absolute atomic E-state index is 0.0615. The molecule has 11 heteroatoms. The van der Waals surface area contributed by atoms with E-state index in [1.165, 1.54) is 0 Å². The van der Waals surface area contributed by atoms with Gasteiger partial charge in [-0.1, -0.05) is 17.7 Å². The Hall–Kier alpha value is -4.28. The Morgan fingerprint density at radius 1 is 0.721 bits per heavy atom. The summed E-state index contributed by atoms with van der Waals surface area (Å²) in [6.45, 7) is 5.38. The summed E-state index contributed by atoms with van der Waals surface area (Å²) in [5, 5.41) is 6.91. The van der Waals surface area contributed by atoms with E-state index in [-0.39, 0.29) is 24.5 Å². The molecular formula is C32H34ClN5O5. The number of hydrogen-bond donors (Lipinski definition) is 2. The molecule has 3 aliphatic rings. The number of ether oxygens (including phenoxy) is 2. The average molecular weight is 604 g/mol. The first-order valence-corrected chi connectivity index (χ1v) is 15.0. The third-order valence-corrected chi connectivity index (χ3v) is 8.18. The van der Waals surface area contributed by atoms with E-state index in [9.17, 15) is 14.4 Å². The SMILES string of the molecule is O=C(Nc1cc(C(=O)N2CCCNCC2)ccc1N1CCCN(C(=O)c2cccc(Cl)c2)CC1)c1ccc2c(c1)OCO2. The number of nitrogens with zero attached hydrogens (tertiary/aromatic N) is 3. The van der Waals surface area contributed by atoms with Gasteiger partial charge in [0.05, 0.1) is 11.4 Å². The molecular weight excluding hydrogens is 570 g/mol. The average Bonchev–Trinajstić information content (AvgIpc) is 3.18. The van der Waals surface area contributed by atoms with Crippen molar-refractivity contribution < 1.29 is 23.9 Å². The zero-order valence-corrected chi connectivity index (χ0v) is 24.6. The summed E-state index contributed by atoms with van der Waals surface area (Å²) < 4.78 is 10.9. The van der Waals surface area contributed by atoms with Gasteiger partial charge in [-0.25, -0.2) is 0 Å². The molecule has 224 valence electrons. The molecule has 0 unspecified atom stereocenters. The fraction of sp³-hybridized carbons (Fsp3) is 0.344. The van der Waals surface area contributed by atoms with Crippen LogP contribution in [0.15, 0.2) is 60.7 Å². The van der Waals surface area contributed by atoms with E-state index in [1.54, 1.807) is 48.5 Å². The molecule has 3 amide bonds. The maximum atomic E-state index is 13.5. The van der Waals surface area contributed by atoms with Crippen LogP contribution in [0.5, 0.6) is 11.5 Å². The fourth-order valence-electron chi connectivity index (χ4n) is 5.67. The highest BCUT2D eigenvalue weighted by atomic mass is 35.5. The molecule has 0 saturated carbocycles. The van der Waals surface area contributed by atoms with Crippen LogP contribution >= 0.6 is 11.6 Å². The normalized spacial score (nSPS) is 16.8. The summed E-state index contributed by atoms with van der Waals surface area (Å²) in [7, 11) is 0. The summed E-state index contributed by atoms with van der Waals surface area (Å²) in [4.78, 5) is 46.0. The van der Waals surface area contributed by atoms with Gasteiger partial charge in [0.25, 0.3) is 17.7 Å². The number of rotatable bonds is 5. The van der Waals surface area contributed by atoms with E-state index in [1.807, 2.05) is 21.9 Å². The van der Waals surface area contributed by atoms with Gasteiger partial charge in [0.2, 0.25) is 6.79 Å². The number of amides is 3. The predicted molar refractivity (Wildman–Crippen MR) is 165 cm³/mol. The highest BCUT2D eigenvalue weighted by Gasteiger charge is 2.25. The quantitative estimate of drug-likeness (QED) is 0.452. The van der Waals surface area contributed by atoms with Crippen molar-refractivity contribution in [3.05, 3.63) is 82.4 Å². The number of anilines is 2. The zero-order valence-electron chi connectivity index (χ0n) is 23.8. The number of carbonyl (C=O) groups is 3. The monoisotopic (exact) mass is 603 g/mol. The lowest BCUT2D eigenvalue weighted by Crippen LogP contribution is -2.35. The number of fused-ring (bicyclic) bond motifs is 1. The zero-order chi connectivity index (χ0) is 29.8. The van der Waals surface area contributed by atoms with Gasteiger partial charge in [0, 0.05) is 67.5 Å². The molecule has 0 aliphatic carbocycles. The van der Waals surface area contributed by atoms with Crippen LogP contribution in [0.4, 0.5) is 11.4 Å². The Bertz CT molecular complexity index is 1520. The van der Waals surface area contributed by atoms with Crippen LogP contribution in [-0.2, 0) is 0 Å². The summed E-state index contributed by atoms with van der Waals surface area (Å²) in [6.07, 6.45) is 1.62. The molecule has 2 saturated heterocycles. The van der Waals surface area contributed by atoms with Gasteiger partial charge in [-0.05, 0) is 74.0 Å². The molecule has 43 heavy (non-hydrogen) atoms. The first-order chi connectivity index (χ1) is 21.0. The third kappa shape index (κ3) is 6.55. The van der Waals surface area contributed by atoms with Crippen molar-refractivity contribution >= 4 is 40.7 Å². The lowest BCUT2D eigenvalue weighted by molar-refractivity contribution is 0.0759. The second-order valence-electron chi connectivity index (χ2n) is 10.8. The van der Waals surface area contributed by atoms with Crippen LogP contribution in [0, 0.1) is 0 Å². The number of carbonyl (C=O) groups excluding carboxylic acids is 3. The molecule has 2 fully saturated rings. The van der Waals surface area contributed by atoms with Crippen molar-refractivity contribution in [2.75, 3.05) is 69.4 Å². The standard InChI is InChI=1S/C32H34ClN5O5/c33-25-5-1-4-23(18-25)31(40)38-14-3-13-36(16-17-38)27-8-6-24(32(41)37-12-2-10-34-11-15-37)19-26(27)35-30(39)22-7-9-28-29(20-22)43-21-42-28/h1,4-9,18-20,34H,2-3,10-17,21H2,(H,35,39). The van der Waals surface area contributed by atoms with E-state index >= 15 is 0 Å². The summed E-state index contributed by atoms with van der Waals surface area (Å²) in [5.41, 5.74) is 2.82. The van der Waals surface area contributed by atoms with Crippen molar-refractivity contribution in [3.8, 4) is 11.5 Å². The molecule has 0 bridgehead atoms. The highest BCUT2D eigenvalue weighted by molar-refractivity contribution is 6.31. The van der Waals surface area contributed by atoms with Crippen molar-refractivity contribution in [2.24, 2.45) is 0 Å². The van der Waals surface area contributed by atoms with Gasteiger partial charge in [-0.3, -0.25) is 14.4 Å².